The minimum atomic E-state index is -0.499. The van der Waals surface area contributed by atoms with Crippen molar-refractivity contribution in [2.24, 2.45) is 0 Å². The number of amides is 2. The van der Waals surface area contributed by atoms with E-state index in [0.717, 1.165) is 26.1 Å². The number of nitro benzene ring substituents is 1. The number of hydrogen-bond donors (Lipinski definition) is 1. The Hall–Kier alpha value is -3.47. The highest BCUT2D eigenvalue weighted by Gasteiger charge is 2.25. The Kier molecular flexibility index (Phi) is 7.64. The molecule has 1 aliphatic rings. The molecule has 1 aromatic carbocycles. The van der Waals surface area contributed by atoms with Crippen LogP contribution in [-0.2, 0) is 4.74 Å². The third kappa shape index (κ3) is 7.01. The van der Waals surface area contributed by atoms with Crippen molar-refractivity contribution in [1.82, 2.24) is 24.9 Å². The molecule has 0 bridgehead atoms. The van der Waals surface area contributed by atoms with Crippen LogP contribution < -0.4 is 5.32 Å². The van der Waals surface area contributed by atoms with Crippen molar-refractivity contribution in [3.8, 4) is 5.69 Å². The maximum atomic E-state index is 12.4. The molecule has 11 nitrogen and oxygen atoms in total. The van der Waals surface area contributed by atoms with Gasteiger partial charge in [0, 0.05) is 51.1 Å². The van der Waals surface area contributed by atoms with Crippen LogP contribution in [0.25, 0.3) is 5.69 Å². The molecule has 1 aliphatic heterocycles. The smallest absolute Gasteiger partial charge is 0.410 e. The zero-order chi connectivity index (χ0) is 24.0. The molecule has 0 spiro atoms. The van der Waals surface area contributed by atoms with Crippen LogP contribution in [0.15, 0.2) is 36.5 Å². The van der Waals surface area contributed by atoms with Gasteiger partial charge in [-0.15, -0.1) is 0 Å². The number of hydrogen-bond acceptors (Lipinski definition) is 7. The lowest BCUT2D eigenvalue weighted by Crippen LogP contribution is -2.50. The van der Waals surface area contributed by atoms with E-state index in [2.05, 4.69) is 15.3 Å². The highest BCUT2D eigenvalue weighted by Crippen LogP contribution is 2.16. The SMILES string of the molecule is CC(C)(C)OC(=O)N1CCN(CCCNC(=O)c2ccn(-c3cccc([N+](=O)[O-])c3)n2)CC1. The molecular weight excluding hydrogens is 428 g/mol. The van der Waals surface area contributed by atoms with Crippen molar-refractivity contribution in [3.63, 3.8) is 0 Å². The van der Waals surface area contributed by atoms with Gasteiger partial charge in [0.2, 0.25) is 0 Å². The largest absolute Gasteiger partial charge is 0.444 e. The summed E-state index contributed by atoms with van der Waals surface area (Å²) >= 11 is 0. The van der Waals surface area contributed by atoms with Gasteiger partial charge in [0.05, 0.1) is 10.6 Å². The van der Waals surface area contributed by atoms with E-state index < -0.39 is 10.5 Å². The van der Waals surface area contributed by atoms with Gasteiger partial charge in [-0.3, -0.25) is 19.8 Å². The summed E-state index contributed by atoms with van der Waals surface area (Å²) in [5.41, 5.74) is 0.212. The standard InChI is InChI=1S/C22H30N6O5/c1-22(2,3)33-21(30)26-14-12-25(13-15-26)10-5-9-23-20(29)19-8-11-27(24-19)17-6-4-7-18(16-17)28(31)32/h4,6-8,11,16H,5,9-10,12-15H2,1-3H3,(H,23,29). The lowest BCUT2D eigenvalue weighted by molar-refractivity contribution is -0.384. The number of ether oxygens (including phenoxy) is 1. The Balaban J connectivity index is 1.39. The van der Waals surface area contributed by atoms with Crippen LogP contribution in [0.3, 0.4) is 0 Å². The normalized spacial score (nSPS) is 14.7. The van der Waals surface area contributed by atoms with Gasteiger partial charge in [0.25, 0.3) is 11.6 Å². The third-order valence-electron chi connectivity index (χ3n) is 5.09. The van der Waals surface area contributed by atoms with E-state index in [9.17, 15) is 19.7 Å². The molecular formula is C22H30N6O5. The van der Waals surface area contributed by atoms with Crippen LogP contribution in [0.5, 0.6) is 0 Å². The molecule has 0 aliphatic carbocycles. The monoisotopic (exact) mass is 458 g/mol. The van der Waals surface area contributed by atoms with Crippen LogP contribution >= 0.6 is 0 Å². The zero-order valence-corrected chi connectivity index (χ0v) is 19.2. The Morgan fingerprint density at radius 3 is 2.58 bits per heavy atom. The fraction of sp³-hybridized carbons (Fsp3) is 0.500. The van der Waals surface area contributed by atoms with Crippen LogP contribution in [0.1, 0.15) is 37.7 Å². The second-order valence-electron chi connectivity index (χ2n) is 8.84. The predicted molar refractivity (Wildman–Crippen MR) is 121 cm³/mol. The molecule has 1 N–H and O–H groups in total. The fourth-order valence-electron chi connectivity index (χ4n) is 3.41. The molecule has 33 heavy (non-hydrogen) atoms. The first-order valence-electron chi connectivity index (χ1n) is 10.9. The molecule has 0 radical (unpaired) electrons. The van der Waals surface area contributed by atoms with Crippen molar-refractivity contribution in [3.05, 3.63) is 52.3 Å². The Bertz CT molecular complexity index is 991. The first-order chi connectivity index (χ1) is 15.6. The lowest BCUT2D eigenvalue weighted by atomic mass is 10.2. The molecule has 3 rings (SSSR count). The summed E-state index contributed by atoms with van der Waals surface area (Å²) in [5.74, 6) is -0.297. The average molecular weight is 459 g/mol. The first kappa shape index (κ1) is 24.2. The van der Waals surface area contributed by atoms with Crippen LogP contribution in [-0.4, -0.2) is 81.4 Å². The van der Waals surface area contributed by atoms with Crippen LogP contribution in [0, 0.1) is 10.1 Å². The summed E-state index contributed by atoms with van der Waals surface area (Å²) in [6.07, 6.45) is 2.08. The number of non-ortho nitro benzene ring substituents is 1. The van der Waals surface area contributed by atoms with Crippen molar-refractivity contribution in [1.29, 1.82) is 0 Å². The number of aromatic nitrogens is 2. The molecule has 0 atom stereocenters. The molecule has 0 unspecified atom stereocenters. The highest BCUT2D eigenvalue weighted by molar-refractivity contribution is 5.92. The number of carbonyl (C=O) groups is 2. The Morgan fingerprint density at radius 1 is 1.18 bits per heavy atom. The number of nitrogens with zero attached hydrogens (tertiary/aromatic N) is 5. The zero-order valence-electron chi connectivity index (χ0n) is 19.2. The predicted octanol–water partition coefficient (Wildman–Crippen LogP) is 2.45. The van der Waals surface area contributed by atoms with E-state index in [4.69, 9.17) is 4.74 Å². The van der Waals surface area contributed by atoms with Gasteiger partial charge >= 0.3 is 6.09 Å². The van der Waals surface area contributed by atoms with Gasteiger partial charge in [-0.05, 0) is 45.9 Å². The summed E-state index contributed by atoms with van der Waals surface area (Å²) in [5, 5.41) is 18.0. The molecule has 0 saturated carbocycles. The van der Waals surface area contributed by atoms with Gasteiger partial charge in [-0.25, -0.2) is 9.48 Å². The molecule has 1 fully saturated rings. The molecule has 178 valence electrons. The van der Waals surface area contributed by atoms with Crippen molar-refractivity contribution in [2.75, 3.05) is 39.3 Å². The minimum absolute atomic E-state index is 0.0408. The van der Waals surface area contributed by atoms with Crippen LogP contribution in [0.4, 0.5) is 10.5 Å². The summed E-state index contributed by atoms with van der Waals surface area (Å²) in [7, 11) is 0. The van der Waals surface area contributed by atoms with Crippen LogP contribution in [0.2, 0.25) is 0 Å². The molecule has 1 aromatic heterocycles. The van der Waals surface area contributed by atoms with E-state index in [-0.39, 0.29) is 23.4 Å². The highest BCUT2D eigenvalue weighted by atomic mass is 16.6. The first-order valence-corrected chi connectivity index (χ1v) is 10.9. The number of nitro groups is 1. The van der Waals surface area contributed by atoms with Crippen molar-refractivity contribution < 1.29 is 19.2 Å². The molecule has 1 saturated heterocycles. The third-order valence-corrected chi connectivity index (χ3v) is 5.09. The minimum Gasteiger partial charge on any atom is -0.444 e. The van der Waals surface area contributed by atoms with Gasteiger partial charge in [0.15, 0.2) is 5.69 Å². The number of rotatable bonds is 7. The van der Waals surface area contributed by atoms with Crippen molar-refractivity contribution >= 4 is 17.7 Å². The van der Waals surface area contributed by atoms with Gasteiger partial charge in [0.1, 0.15) is 5.60 Å². The Labute approximate surface area is 192 Å². The van der Waals surface area contributed by atoms with E-state index in [1.54, 1.807) is 29.3 Å². The number of nitrogens with one attached hydrogen (secondary N) is 1. The van der Waals surface area contributed by atoms with Gasteiger partial charge in [-0.1, -0.05) is 6.07 Å². The number of benzene rings is 1. The number of carbonyl (C=O) groups excluding carboxylic acids is 2. The lowest BCUT2D eigenvalue weighted by Gasteiger charge is -2.35. The second kappa shape index (κ2) is 10.4. The molecule has 2 amide bonds. The molecule has 2 heterocycles. The van der Waals surface area contributed by atoms with Gasteiger partial charge < -0.3 is 15.0 Å². The average Bonchev–Trinajstić information content (AvgIpc) is 3.26. The van der Waals surface area contributed by atoms with Gasteiger partial charge in [-0.2, -0.15) is 5.10 Å². The van der Waals surface area contributed by atoms with E-state index in [1.165, 1.54) is 16.8 Å². The quantitative estimate of drug-likeness (QED) is 0.384. The molecule has 2 aromatic rings. The van der Waals surface area contributed by atoms with E-state index in [0.29, 0.717) is 25.3 Å². The maximum absolute atomic E-state index is 12.4. The summed E-state index contributed by atoms with van der Waals surface area (Å²) in [6.45, 7) is 9.64. The second-order valence-corrected chi connectivity index (χ2v) is 8.84. The summed E-state index contributed by atoms with van der Waals surface area (Å²) in [4.78, 5) is 39.0. The Morgan fingerprint density at radius 2 is 1.91 bits per heavy atom. The van der Waals surface area contributed by atoms with E-state index >= 15 is 0 Å². The fourth-order valence-corrected chi connectivity index (χ4v) is 3.41. The van der Waals surface area contributed by atoms with E-state index in [1.807, 2.05) is 20.8 Å². The maximum Gasteiger partial charge on any atom is 0.410 e. The number of piperazine rings is 1. The topological polar surface area (TPSA) is 123 Å². The van der Waals surface area contributed by atoms with Crippen molar-refractivity contribution in [2.45, 2.75) is 32.8 Å². The summed E-state index contributed by atoms with van der Waals surface area (Å²) in [6, 6.07) is 7.63. The summed E-state index contributed by atoms with van der Waals surface area (Å²) < 4.78 is 6.85. The molecule has 11 heteroatoms.